The number of ether oxygens (including phenoxy) is 1. The molecule has 0 spiro atoms. The Labute approximate surface area is 182 Å². The Morgan fingerprint density at radius 2 is 1.87 bits per heavy atom. The molecule has 5 rings (SSSR count). The van der Waals surface area contributed by atoms with Gasteiger partial charge in [0, 0.05) is 32.0 Å². The van der Waals surface area contributed by atoms with Gasteiger partial charge in [-0.15, -0.1) is 0 Å². The second-order valence-electron chi connectivity index (χ2n) is 8.08. The largest absolute Gasteiger partial charge is 0.470 e. The number of aryl methyl sites for hydroxylation is 1. The second kappa shape index (κ2) is 8.03. The summed E-state index contributed by atoms with van der Waals surface area (Å²) in [6.07, 6.45) is 2.94. The van der Waals surface area contributed by atoms with Crippen molar-refractivity contribution in [1.82, 2.24) is 19.2 Å². The standard InChI is InChI=1S/C23H24N4O3S/c1-17-6-4-7-18(12-17)13-26-15-20-21(16-26)30-23-22(9-5-11-25-23)31(28,29)27(20)14-19-8-2-3-10-24-19/h2-12,20-21H,13-16H2,1H3/t20-,21+/m1/s1. The molecule has 0 aliphatic carbocycles. The minimum Gasteiger partial charge on any atom is -0.470 e. The molecule has 2 atom stereocenters. The van der Waals surface area contributed by atoms with Gasteiger partial charge in [-0.1, -0.05) is 35.9 Å². The summed E-state index contributed by atoms with van der Waals surface area (Å²) in [5.41, 5.74) is 3.11. The van der Waals surface area contributed by atoms with Gasteiger partial charge in [0.1, 0.15) is 11.0 Å². The highest BCUT2D eigenvalue weighted by molar-refractivity contribution is 7.89. The van der Waals surface area contributed by atoms with Crippen LogP contribution in [0.5, 0.6) is 5.88 Å². The highest BCUT2D eigenvalue weighted by Crippen LogP contribution is 2.36. The lowest BCUT2D eigenvalue weighted by atomic mass is 10.1. The molecule has 2 aliphatic heterocycles. The molecular weight excluding hydrogens is 412 g/mol. The zero-order valence-corrected chi connectivity index (χ0v) is 18.1. The summed E-state index contributed by atoms with van der Waals surface area (Å²) in [4.78, 5) is 11.0. The molecule has 1 fully saturated rings. The lowest BCUT2D eigenvalue weighted by molar-refractivity contribution is 0.143. The van der Waals surface area contributed by atoms with E-state index in [-0.39, 0.29) is 29.5 Å². The van der Waals surface area contributed by atoms with Gasteiger partial charge in [-0.2, -0.15) is 4.31 Å². The molecule has 1 aromatic carbocycles. The average Bonchev–Trinajstić information content (AvgIpc) is 3.11. The first-order chi connectivity index (χ1) is 15.0. The van der Waals surface area contributed by atoms with Crippen molar-refractivity contribution < 1.29 is 13.2 Å². The summed E-state index contributed by atoms with van der Waals surface area (Å²) in [5, 5.41) is 0. The van der Waals surface area contributed by atoms with Crippen LogP contribution in [0.2, 0.25) is 0 Å². The van der Waals surface area contributed by atoms with E-state index in [1.54, 1.807) is 28.8 Å². The Kier molecular flexibility index (Phi) is 5.21. The summed E-state index contributed by atoms with van der Waals surface area (Å²) in [5.74, 6) is 0.179. The van der Waals surface area contributed by atoms with Gasteiger partial charge >= 0.3 is 0 Å². The first kappa shape index (κ1) is 20.1. The molecule has 7 nitrogen and oxygen atoms in total. The fourth-order valence-electron chi connectivity index (χ4n) is 4.39. The molecular formula is C23H24N4O3S. The third-order valence-corrected chi connectivity index (χ3v) is 7.68. The number of nitrogens with zero attached hydrogens (tertiary/aromatic N) is 4. The van der Waals surface area contributed by atoms with Gasteiger partial charge in [0.2, 0.25) is 15.9 Å². The summed E-state index contributed by atoms with van der Waals surface area (Å²) in [6.45, 7) is 4.22. The molecule has 0 saturated carbocycles. The molecule has 0 amide bonds. The second-order valence-corrected chi connectivity index (χ2v) is 9.94. The van der Waals surface area contributed by atoms with Crippen LogP contribution in [-0.2, 0) is 23.1 Å². The van der Waals surface area contributed by atoms with Crippen molar-refractivity contribution in [2.24, 2.45) is 0 Å². The lowest BCUT2D eigenvalue weighted by Crippen LogP contribution is -2.46. The Balaban J connectivity index is 1.50. The highest BCUT2D eigenvalue weighted by Gasteiger charge is 2.47. The lowest BCUT2D eigenvalue weighted by Gasteiger charge is -2.27. The number of sulfonamides is 1. The summed E-state index contributed by atoms with van der Waals surface area (Å²) in [6, 6.07) is 16.8. The van der Waals surface area contributed by atoms with E-state index < -0.39 is 10.0 Å². The predicted octanol–water partition coefficient (Wildman–Crippen LogP) is 2.62. The van der Waals surface area contributed by atoms with Crippen molar-refractivity contribution in [2.45, 2.75) is 37.1 Å². The molecule has 4 heterocycles. The Hall–Kier alpha value is -2.81. The van der Waals surface area contributed by atoms with Crippen LogP contribution in [0.3, 0.4) is 0 Å². The van der Waals surface area contributed by atoms with E-state index in [9.17, 15) is 8.42 Å². The van der Waals surface area contributed by atoms with Gasteiger partial charge < -0.3 is 4.74 Å². The van der Waals surface area contributed by atoms with Crippen LogP contribution in [0, 0.1) is 6.92 Å². The monoisotopic (exact) mass is 436 g/mol. The number of rotatable bonds is 4. The molecule has 31 heavy (non-hydrogen) atoms. The van der Waals surface area contributed by atoms with Crippen molar-refractivity contribution in [3.8, 4) is 5.88 Å². The quantitative estimate of drug-likeness (QED) is 0.626. The van der Waals surface area contributed by atoms with Gasteiger partial charge in [-0.05, 0) is 36.8 Å². The van der Waals surface area contributed by atoms with Crippen molar-refractivity contribution in [1.29, 1.82) is 0 Å². The van der Waals surface area contributed by atoms with Crippen LogP contribution in [0.15, 0.2) is 71.9 Å². The number of fused-ring (bicyclic) bond motifs is 2. The van der Waals surface area contributed by atoms with E-state index in [1.165, 1.54) is 11.1 Å². The predicted molar refractivity (Wildman–Crippen MR) is 116 cm³/mol. The van der Waals surface area contributed by atoms with E-state index in [0.29, 0.717) is 18.8 Å². The van der Waals surface area contributed by atoms with Gasteiger partial charge in [0.15, 0.2) is 0 Å². The number of hydrogen-bond donors (Lipinski definition) is 0. The molecule has 2 aliphatic rings. The van der Waals surface area contributed by atoms with Crippen LogP contribution < -0.4 is 4.74 Å². The first-order valence-corrected chi connectivity index (χ1v) is 11.8. The van der Waals surface area contributed by atoms with Crippen molar-refractivity contribution in [2.75, 3.05) is 13.1 Å². The minimum absolute atomic E-state index is 0.116. The van der Waals surface area contributed by atoms with E-state index in [4.69, 9.17) is 4.74 Å². The maximum Gasteiger partial charge on any atom is 0.249 e. The molecule has 160 valence electrons. The summed E-state index contributed by atoms with van der Waals surface area (Å²) < 4.78 is 35.0. The topological polar surface area (TPSA) is 75.6 Å². The molecule has 0 radical (unpaired) electrons. The normalized spacial score (nSPS) is 22.9. The first-order valence-electron chi connectivity index (χ1n) is 10.3. The van der Waals surface area contributed by atoms with E-state index in [1.807, 2.05) is 24.3 Å². The Bertz CT molecular complexity index is 1190. The summed E-state index contributed by atoms with van der Waals surface area (Å²) >= 11 is 0. The van der Waals surface area contributed by atoms with Gasteiger partial charge in [0.25, 0.3) is 0 Å². The number of benzene rings is 1. The number of likely N-dealkylation sites (tertiary alicyclic amines) is 1. The number of aromatic nitrogens is 2. The molecule has 0 N–H and O–H groups in total. The number of hydrogen-bond acceptors (Lipinski definition) is 6. The van der Waals surface area contributed by atoms with Crippen molar-refractivity contribution >= 4 is 10.0 Å². The minimum atomic E-state index is -3.80. The molecule has 0 bridgehead atoms. The van der Waals surface area contributed by atoms with Crippen molar-refractivity contribution in [3.63, 3.8) is 0 Å². The van der Waals surface area contributed by atoms with E-state index >= 15 is 0 Å². The maximum absolute atomic E-state index is 13.6. The van der Waals surface area contributed by atoms with Crippen LogP contribution >= 0.6 is 0 Å². The third-order valence-electron chi connectivity index (χ3n) is 5.80. The number of pyridine rings is 2. The van der Waals surface area contributed by atoms with Gasteiger partial charge in [-0.3, -0.25) is 9.88 Å². The fraction of sp³-hybridized carbons (Fsp3) is 0.304. The van der Waals surface area contributed by atoms with Crippen LogP contribution in [0.25, 0.3) is 0 Å². The smallest absolute Gasteiger partial charge is 0.249 e. The molecule has 2 aromatic heterocycles. The molecule has 8 heteroatoms. The van der Waals surface area contributed by atoms with Crippen LogP contribution in [0.4, 0.5) is 0 Å². The average molecular weight is 437 g/mol. The van der Waals surface area contributed by atoms with E-state index in [2.05, 4.69) is 40.0 Å². The van der Waals surface area contributed by atoms with Crippen LogP contribution in [-0.4, -0.2) is 52.8 Å². The van der Waals surface area contributed by atoms with Crippen molar-refractivity contribution in [3.05, 3.63) is 83.8 Å². The Morgan fingerprint density at radius 3 is 2.68 bits per heavy atom. The molecule has 0 unspecified atom stereocenters. The highest BCUT2D eigenvalue weighted by atomic mass is 32.2. The third kappa shape index (κ3) is 3.94. The van der Waals surface area contributed by atoms with E-state index in [0.717, 1.165) is 6.54 Å². The zero-order chi connectivity index (χ0) is 21.4. The van der Waals surface area contributed by atoms with Crippen LogP contribution in [0.1, 0.15) is 16.8 Å². The Morgan fingerprint density at radius 1 is 1.00 bits per heavy atom. The molecule has 3 aromatic rings. The maximum atomic E-state index is 13.6. The fourth-order valence-corrected chi connectivity index (χ4v) is 6.07. The SMILES string of the molecule is Cc1cccc(CN2C[C@@H]3Oc4ncccc4S(=O)(=O)N(Cc4ccccn4)[C@@H]3C2)c1. The zero-order valence-electron chi connectivity index (χ0n) is 17.3. The molecule has 1 saturated heterocycles. The van der Waals surface area contributed by atoms with Gasteiger partial charge in [-0.25, -0.2) is 13.4 Å². The van der Waals surface area contributed by atoms with Gasteiger partial charge in [0.05, 0.1) is 18.3 Å². The summed E-state index contributed by atoms with van der Waals surface area (Å²) in [7, 11) is -3.80.